The molecule has 6 heteroatoms. The summed E-state index contributed by atoms with van der Waals surface area (Å²) in [6.45, 7) is 0. The van der Waals surface area contributed by atoms with Gasteiger partial charge in [0.2, 0.25) is 0 Å². The highest BCUT2D eigenvalue weighted by Gasteiger charge is 2.18. The van der Waals surface area contributed by atoms with Crippen molar-refractivity contribution in [2.75, 3.05) is 5.32 Å². The molecule has 2 aromatic carbocycles. The molecule has 5 nitrogen and oxygen atoms in total. The molecule has 0 saturated carbocycles. The summed E-state index contributed by atoms with van der Waals surface area (Å²) in [4.78, 5) is 0. The number of hydrogen-bond acceptors (Lipinski definition) is 3. The number of hydrogen-bond donors (Lipinski definition) is 2. The Kier molecular flexibility index (Phi) is 3.93. The molecule has 2 aromatic rings. The Morgan fingerprint density at radius 1 is 0.955 bits per heavy atom. The monoisotopic (exact) mass is 313 g/mol. The predicted octanol–water partition coefficient (Wildman–Crippen LogP) is 2.47. The van der Waals surface area contributed by atoms with E-state index in [4.69, 9.17) is 0 Å². The summed E-state index contributed by atoms with van der Waals surface area (Å²) >= 11 is 0. The van der Waals surface area contributed by atoms with Crippen LogP contribution in [0.3, 0.4) is 0 Å². The zero-order valence-electron chi connectivity index (χ0n) is 11.7. The summed E-state index contributed by atoms with van der Waals surface area (Å²) < 4.78 is 29.9. The number of benzene rings is 2. The minimum Gasteiger partial charge on any atom is -0.339 e. The van der Waals surface area contributed by atoms with E-state index in [0.29, 0.717) is 18.0 Å². The fourth-order valence-electron chi connectivity index (χ4n) is 2.17. The number of para-hydroxylation sites is 1. The summed E-state index contributed by atoms with van der Waals surface area (Å²) in [5, 5.41) is 3.01. The van der Waals surface area contributed by atoms with Gasteiger partial charge in [0.1, 0.15) is 5.84 Å². The molecule has 0 saturated heterocycles. The lowest BCUT2D eigenvalue weighted by Gasteiger charge is -2.16. The summed E-state index contributed by atoms with van der Waals surface area (Å²) in [5.74, 6) is 0.302. The van der Waals surface area contributed by atoms with Crippen LogP contribution in [0.2, 0.25) is 0 Å². The second-order valence-corrected chi connectivity index (χ2v) is 6.21. The van der Waals surface area contributed by atoms with Crippen LogP contribution in [0.1, 0.15) is 5.56 Å². The van der Waals surface area contributed by atoms with E-state index >= 15 is 0 Å². The number of nitrogens with one attached hydrogen (secondary N) is 2. The molecule has 0 aliphatic carbocycles. The van der Waals surface area contributed by atoms with Crippen molar-refractivity contribution in [1.82, 2.24) is 4.72 Å². The molecule has 3 rings (SSSR count). The van der Waals surface area contributed by atoms with Crippen LogP contribution in [0.4, 0.5) is 5.69 Å². The molecule has 22 heavy (non-hydrogen) atoms. The Morgan fingerprint density at radius 3 is 2.27 bits per heavy atom. The Morgan fingerprint density at radius 2 is 1.59 bits per heavy atom. The first-order chi connectivity index (χ1) is 10.6. The molecular weight excluding hydrogens is 298 g/mol. The molecule has 1 aliphatic heterocycles. The number of nitrogens with zero attached hydrogens (tertiary/aromatic N) is 1. The number of allylic oxidation sites excluding steroid dienone is 1. The Labute approximate surface area is 129 Å². The first kappa shape index (κ1) is 14.3. The predicted molar refractivity (Wildman–Crippen MR) is 87.8 cm³/mol. The largest absolute Gasteiger partial charge is 0.343 e. The van der Waals surface area contributed by atoms with Gasteiger partial charge in [-0.3, -0.25) is 4.72 Å². The topological polar surface area (TPSA) is 70.6 Å². The minimum atomic E-state index is -3.71. The summed E-state index contributed by atoms with van der Waals surface area (Å²) in [5.41, 5.74) is 2.39. The first-order valence-electron chi connectivity index (χ1n) is 6.80. The van der Waals surface area contributed by atoms with Crippen molar-refractivity contribution in [3.63, 3.8) is 0 Å². The molecule has 0 amide bonds. The normalized spacial score (nSPS) is 16.2. The van der Waals surface area contributed by atoms with Crippen LogP contribution in [-0.4, -0.2) is 14.3 Å². The quantitative estimate of drug-likeness (QED) is 0.914. The van der Waals surface area contributed by atoms with Gasteiger partial charge < -0.3 is 5.32 Å². The van der Waals surface area contributed by atoms with Crippen LogP contribution in [0.25, 0.3) is 0 Å². The van der Waals surface area contributed by atoms with E-state index in [-0.39, 0.29) is 0 Å². The maximum atomic E-state index is 11.9. The lowest BCUT2D eigenvalue weighted by molar-refractivity contribution is 0.589. The first-order valence-corrected chi connectivity index (χ1v) is 8.24. The zero-order chi connectivity index (χ0) is 15.4. The summed E-state index contributed by atoms with van der Waals surface area (Å²) in [7, 11) is -3.71. The zero-order valence-corrected chi connectivity index (χ0v) is 12.5. The van der Waals surface area contributed by atoms with E-state index < -0.39 is 10.2 Å². The van der Waals surface area contributed by atoms with Gasteiger partial charge in [-0.15, -0.1) is 4.40 Å². The van der Waals surface area contributed by atoms with Gasteiger partial charge in [0.15, 0.2) is 0 Å². The van der Waals surface area contributed by atoms with Crippen LogP contribution < -0.4 is 10.0 Å². The van der Waals surface area contributed by atoms with Crippen molar-refractivity contribution in [2.45, 2.75) is 6.42 Å². The molecule has 0 fully saturated rings. The molecule has 1 aliphatic rings. The average molecular weight is 313 g/mol. The molecule has 1 heterocycles. The van der Waals surface area contributed by atoms with Crippen molar-refractivity contribution in [1.29, 1.82) is 0 Å². The molecule has 0 atom stereocenters. The third kappa shape index (κ3) is 3.73. The molecule has 0 radical (unpaired) electrons. The van der Waals surface area contributed by atoms with Crippen LogP contribution in [0.5, 0.6) is 0 Å². The van der Waals surface area contributed by atoms with Gasteiger partial charge in [-0.1, -0.05) is 48.5 Å². The minimum absolute atomic E-state index is 0.302. The van der Waals surface area contributed by atoms with E-state index in [1.54, 1.807) is 6.08 Å². The third-order valence-electron chi connectivity index (χ3n) is 3.07. The molecule has 0 aromatic heterocycles. The van der Waals surface area contributed by atoms with Gasteiger partial charge in [0.25, 0.3) is 0 Å². The highest BCUT2D eigenvalue weighted by Crippen LogP contribution is 2.13. The van der Waals surface area contributed by atoms with Crippen molar-refractivity contribution >= 4 is 21.7 Å². The van der Waals surface area contributed by atoms with Crippen LogP contribution in [0.15, 0.2) is 76.8 Å². The second kappa shape index (κ2) is 6.03. The van der Waals surface area contributed by atoms with Gasteiger partial charge in [-0.25, -0.2) is 0 Å². The average Bonchev–Trinajstić information content (AvgIpc) is 2.47. The molecule has 112 valence electrons. The lowest BCUT2D eigenvalue weighted by atomic mass is 10.1. The lowest BCUT2D eigenvalue weighted by Crippen LogP contribution is -2.30. The number of rotatable bonds is 3. The van der Waals surface area contributed by atoms with E-state index in [9.17, 15) is 8.42 Å². The Hall–Kier alpha value is -2.60. The number of amidine groups is 1. The van der Waals surface area contributed by atoms with E-state index in [0.717, 1.165) is 11.3 Å². The van der Waals surface area contributed by atoms with E-state index in [1.807, 2.05) is 60.7 Å². The fraction of sp³-hybridized carbons (Fsp3) is 0.0625. The van der Waals surface area contributed by atoms with Gasteiger partial charge in [-0.2, -0.15) is 8.42 Å². The molecule has 0 bridgehead atoms. The standard InChI is InChI=1S/C16H15N3O2S/c20-22(21)18-15(11-13-7-3-1-4-8-13)12-16(19-22)17-14-9-5-2-6-10-14/h1-10,12,18H,11H2,(H,17,19). The summed E-state index contributed by atoms with van der Waals surface area (Å²) in [6.07, 6.45) is 2.20. The highest BCUT2D eigenvalue weighted by atomic mass is 32.2. The Balaban J connectivity index is 1.84. The molecule has 0 spiro atoms. The van der Waals surface area contributed by atoms with Crippen LogP contribution in [-0.2, 0) is 16.6 Å². The van der Waals surface area contributed by atoms with E-state index in [2.05, 4.69) is 14.4 Å². The number of anilines is 1. The Bertz CT molecular complexity index is 813. The molecule has 2 N–H and O–H groups in total. The van der Waals surface area contributed by atoms with Gasteiger partial charge >= 0.3 is 10.2 Å². The van der Waals surface area contributed by atoms with Gasteiger partial charge in [0, 0.05) is 23.9 Å². The smallest absolute Gasteiger partial charge is 0.339 e. The van der Waals surface area contributed by atoms with Gasteiger partial charge in [0.05, 0.1) is 0 Å². The van der Waals surface area contributed by atoms with E-state index in [1.165, 1.54) is 0 Å². The van der Waals surface area contributed by atoms with Crippen molar-refractivity contribution in [3.8, 4) is 0 Å². The SMILES string of the molecule is O=S1(=O)N=C(Nc2ccccc2)C=C(Cc2ccccc2)N1. The maximum absolute atomic E-state index is 11.9. The van der Waals surface area contributed by atoms with Crippen molar-refractivity contribution < 1.29 is 8.42 Å². The van der Waals surface area contributed by atoms with Crippen molar-refractivity contribution in [3.05, 3.63) is 78.0 Å². The maximum Gasteiger partial charge on any atom is 0.343 e. The molecule has 0 unspecified atom stereocenters. The second-order valence-electron chi connectivity index (χ2n) is 4.88. The third-order valence-corrected chi connectivity index (χ3v) is 4.03. The van der Waals surface area contributed by atoms with Gasteiger partial charge in [-0.05, 0) is 17.7 Å². The summed E-state index contributed by atoms with van der Waals surface area (Å²) in [6, 6.07) is 19.0. The fourth-order valence-corrected chi connectivity index (χ4v) is 3.04. The molecular formula is C16H15N3O2S. The highest BCUT2D eigenvalue weighted by molar-refractivity contribution is 7.88. The van der Waals surface area contributed by atoms with Crippen LogP contribution >= 0.6 is 0 Å². The van der Waals surface area contributed by atoms with Crippen LogP contribution in [0, 0.1) is 0 Å². The van der Waals surface area contributed by atoms with Crippen molar-refractivity contribution in [2.24, 2.45) is 4.40 Å².